The number of nitrogens with two attached hydrogens (primary N) is 1. The summed E-state index contributed by atoms with van der Waals surface area (Å²) >= 11 is 0. The molecular weight excluding hydrogens is 229 g/mol. The number of aliphatic imine (C=N–C) groups is 1. The Kier molecular flexibility index (Phi) is 2.85. The Morgan fingerprint density at radius 2 is 2.00 bits per heavy atom. The molecule has 1 saturated carbocycles. The van der Waals surface area contributed by atoms with Crippen molar-refractivity contribution in [2.75, 3.05) is 0 Å². The standard InChI is InChI=1S/C12H13F3N2/c1-7-2-5-9(12(13,14)15)6-10(7)17-11(16)8-3-4-8/h2,5-6,8H,3-4H2,1H3,(H2,16,17). The number of hydrogen-bond donors (Lipinski definition) is 1. The Balaban J connectivity index is 2.35. The van der Waals surface area contributed by atoms with E-state index in [4.69, 9.17) is 5.73 Å². The van der Waals surface area contributed by atoms with Crippen molar-refractivity contribution >= 4 is 11.5 Å². The quantitative estimate of drug-likeness (QED) is 0.626. The van der Waals surface area contributed by atoms with Crippen molar-refractivity contribution in [1.82, 2.24) is 0 Å². The molecule has 0 amide bonds. The van der Waals surface area contributed by atoms with E-state index >= 15 is 0 Å². The number of amidine groups is 1. The second-order valence-electron chi connectivity index (χ2n) is 4.31. The minimum Gasteiger partial charge on any atom is -0.387 e. The molecule has 0 heterocycles. The van der Waals surface area contributed by atoms with Gasteiger partial charge in [0, 0.05) is 5.92 Å². The number of rotatable bonds is 2. The van der Waals surface area contributed by atoms with Gasteiger partial charge in [0.2, 0.25) is 0 Å². The molecule has 0 radical (unpaired) electrons. The molecule has 17 heavy (non-hydrogen) atoms. The molecule has 0 spiro atoms. The van der Waals surface area contributed by atoms with Crippen LogP contribution in [0.5, 0.6) is 0 Å². The summed E-state index contributed by atoms with van der Waals surface area (Å²) in [4.78, 5) is 4.09. The van der Waals surface area contributed by atoms with Crippen molar-refractivity contribution in [2.24, 2.45) is 16.6 Å². The smallest absolute Gasteiger partial charge is 0.387 e. The largest absolute Gasteiger partial charge is 0.416 e. The van der Waals surface area contributed by atoms with E-state index in [1.807, 2.05) is 0 Å². The van der Waals surface area contributed by atoms with Gasteiger partial charge in [-0.25, -0.2) is 4.99 Å². The fraction of sp³-hybridized carbons (Fsp3) is 0.417. The molecule has 2 N–H and O–H groups in total. The molecule has 0 aliphatic heterocycles. The third-order valence-corrected chi connectivity index (χ3v) is 2.78. The van der Waals surface area contributed by atoms with Gasteiger partial charge in [0.25, 0.3) is 0 Å². The van der Waals surface area contributed by atoms with Gasteiger partial charge in [-0.3, -0.25) is 0 Å². The summed E-state index contributed by atoms with van der Waals surface area (Å²) in [6.07, 6.45) is -2.38. The molecule has 1 aromatic carbocycles. The van der Waals surface area contributed by atoms with Crippen molar-refractivity contribution in [2.45, 2.75) is 25.9 Å². The van der Waals surface area contributed by atoms with Crippen molar-refractivity contribution in [3.05, 3.63) is 29.3 Å². The normalized spacial score (nSPS) is 17.3. The lowest BCUT2D eigenvalue weighted by Crippen LogP contribution is -2.13. The van der Waals surface area contributed by atoms with Crippen LogP contribution in [0.1, 0.15) is 24.0 Å². The van der Waals surface area contributed by atoms with Gasteiger partial charge in [-0.1, -0.05) is 6.07 Å². The second-order valence-corrected chi connectivity index (χ2v) is 4.31. The van der Waals surface area contributed by atoms with Crippen LogP contribution in [0.4, 0.5) is 18.9 Å². The topological polar surface area (TPSA) is 38.4 Å². The van der Waals surface area contributed by atoms with Gasteiger partial charge in [0.05, 0.1) is 11.3 Å². The number of nitrogens with zero attached hydrogens (tertiary/aromatic N) is 1. The van der Waals surface area contributed by atoms with Crippen LogP contribution in [0, 0.1) is 12.8 Å². The van der Waals surface area contributed by atoms with Crippen molar-refractivity contribution in [3.63, 3.8) is 0 Å². The molecule has 0 bridgehead atoms. The van der Waals surface area contributed by atoms with Crippen LogP contribution >= 0.6 is 0 Å². The first-order valence-corrected chi connectivity index (χ1v) is 5.40. The van der Waals surface area contributed by atoms with Gasteiger partial charge in [0.15, 0.2) is 0 Å². The minimum atomic E-state index is -4.34. The minimum absolute atomic E-state index is 0.254. The van der Waals surface area contributed by atoms with Crippen LogP contribution in [-0.2, 0) is 6.18 Å². The molecule has 2 rings (SSSR count). The molecular formula is C12H13F3N2. The van der Waals surface area contributed by atoms with Crippen LogP contribution in [-0.4, -0.2) is 5.84 Å². The van der Waals surface area contributed by atoms with E-state index in [1.165, 1.54) is 6.07 Å². The monoisotopic (exact) mass is 242 g/mol. The highest BCUT2D eigenvalue weighted by atomic mass is 19.4. The van der Waals surface area contributed by atoms with Crippen LogP contribution in [0.25, 0.3) is 0 Å². The fourth-order valence-electron chi connectivity index (χ4n) is 1.52. The zero-order valence-corrected chi connectivity index (χ0v) is 9.38. The van der Waals surface area contributed by atoms with Crippen molar-refractivity contribution in [3.8, 4) is 0 Å². The average Bonchev–Trinajstić information content (AvgIpc) is 3.02. The predicted octanol–water partition coefficient (Wildman–Crippen LogP) is 3.41. The first-order valence-electron chi connectivity index (χ1n) is 5.40. The highest BCUT2D eigenvalue weighted by Gasteiger charge is 2.31. The Bertz CT molecular complexity index is 459. The first-order chi connectivity index (χ1) is 7.88. The van der Waals surface area contributed by atoms with Crippen molar-refractivity contribution in [1.29, 1.82) is 0 Å². The summed E-state index contributed by atoms with van der Waals surface area (Å²) in [5.74, 6) is 0.691. The molecule has 2 nitrogen and oxygen atoms in total. The Morgan fingerprint density at radius 3 is 2.53 bits per heavy atom. The molecule has 0 saturated heterocycles. The summed E-state index contributed by atoms with van der Waals surface area (Å²) < 4.78 is 37.6. The summed E-state index contributed by atoms with van der Waals surface area (Å²) in [7, 11) is 0. The summed E-state index contributed by atoms with van der Waals surface area (Å²) in [5.41, 5.74) is 6.02. The number of alkyl halides is 3. The molecule has 1 aliphatic rings. The molecule has 0 atom stereocenters. The van der Waals surface area contributed by atoms with Gasteiger partial charge in [-0.05, 0) is 37.5 Å². The summed E-state index contributed by atoms with van der Waals surface area (Å²) in [6, 6.07) is 3.52. The zero-order valence-electron chi connectivity index (χ0n) is 9.38. The maximum absolute atomic E-state index is 12.5. The maximum atomic E-state index is 12.5. The SMILES string of the molecule is Cc1ccc(C(F)(F)F)cc1N=C(N)C1CC1. The Labute approximate surface area is 97.3 Å². The number of halogens is 3. The first kappa shape index (κ1) is 12.0. The molecule has 0 unspecified atom stereocenters. The molecule has 0 aromatic heterocycles. The lowest BCUT2D eigenvalue weighted by molar-refractivity contribution is -0.137. The summed E-state index contributed by atoms with van der Waals surface area (Å²) in [5, 5.41) is 0. The molecule has 92 valence electrons. The van der Waals surface area contributed by atoms with Crippen LogP contribution < -0.4 is 5.73 Å². The highest BCUT2D eigenvalue weighted by Crippen LogP contribution is 2.34. The van der Waals surface area contributed by atoms with E-state index in [9.17, 15) is 13.2 Å². The van der Waals surface area contributed by atoms with E-state index in [0.29, 0.717) is 17.1 Å². The van der Waals surface area contributed by atoms with E-state index in [0.717, 1.165) is 25.0 Å². The van der Waals surface area contributed by atoms with E-state index < -0.39 is 11.7 Å². The zero-order chi connectivity index (χ0) is 12.6. The third-order valence-electron chi connectivity index (χ3n) is 2.78. The Hall–Kier alpha value is -1.52. The van der Waals surface area contributed by atoms with Gasteiger partial charge in [-0.15, -0.1) is 0 Å². The van der Waals surface area contributed by atoms with Crippen LogP contribution in [0.15, 0.2) is 23.2 Å². The number of benzene rings is 1. The highest BCUT2D eigenvalue weighted by molar-refractivity contribution is 5.87. The molecule has 1 fully saturated rings. The van der Waals surface area contributed by atoms with Crippen LogP contribution in [0.3, 0.4) is 0 Å². The van der Waals surface area contributed by atoms with Crippen molar-refractivity contribution < 1.29 is 13.2 Å². The van der Waals surface area contributed by atoms with E-state index in [2.05, 4.69) is 4.99 Å². The predicted molar refractivity (Wildman–Crippen MR) is 60.2 cm³/mol. The molecule has 1 aromatic rings. The van der Waals surface area contributed by atoms with E-state index in [1.54, 1.807) is 6.92 Å². The lowest BCUT2D eigenvalue weighted by atomic mass is 10.1. The Morgan fingerprint density at radius 1 is 1.35 bits per heavy atom. The molecule has 5 heteroatoms. The van der Waals surface area contributed by atoms with Gasteiger partial charge in [-0.2, -0.15) is 13.2 Å². The lowest BCUT2D eigenvalue weighted by Gasteiger charge is -2.09. The fourth-order valence-corrected chi connectivity index (χ4v) is 1.52. The second kappa shape index (κ2) is 4.05. The van der Waals surface area contributed by atoms with Gasteiger partial charge >= 0.3 is 6.18 Å². The molecule has 1 aliphatic carbocycles. The summed E-state index contributed by atoms with van der Waals surface area (Å²) in [6.45, 7) is 1.72. The van der Waals surface area contributed by atoms with Gasteiger partial charge in [0.1, 0.15) is 5.84 Å². The van der Waals surface area contributed by atoms with Gasteiger partial charge < -0.3 is 5.73 Å². The van der Waals surface area contributed by atoms with Crippen LogP contribution in [0.2, 0.25) is 0 Å². The average molecular weight is 242 g/mol. The third kappa shape index (κ3) is 2.78. The van der Waals surface area contributed by atoms with E-state index in [-0.39, 0.29) is 5.92 Å². The maximum Gasteiger partial charge on any atom is 0.416 e. The number of aryl methyl sites for hydroxylation is 1. The number of hydrogen-bond acceptors (Lipinski definition) is 1.